The van der Waals surface area contributed by atoms with Gasteiger partial charge in [-0.1, -0.05) is 0 Å². The highest BCUT2D eigenvalue weighted by molar-refractivity contribution is 5.86. The fourth-order valence-corrected chi connectivity index (χ4v) is 2.15. The van der Waals surface area contributed by atoms with Gasteiger partial charge in [-0.25, -0.2) is 0 Å². The molecule has 0 N–H and O–H groups in total. The van der Waals surface area contributed by atoms with Gasteiger partial charge in [0.2, 0.25) is 0 Å². The van der Waals surface area contributed by atoms with E-state index < -0.39 is 0 Å². The summed E-state index contributed by atoms with van der Waals surface area (Å²) in [5, 5.41) is 2.23. The van der Waals surface area contributed by atoms with Gasteiger partial charge in [0, 0.05) is 29.5 Å². The number of rotatable bonds is 2. The van der Waals surface area contributed by atoms with E-state index in [0.717, 1.165) is 33.3 Å². The van der Waals surface area contributed by atoms with Crippen molar-refractivity contribution >= 4 is 10.8 Å². The molecular weight excluding hydrogens is 236 g/mol. The van der Waals surface area contributed by atoms with Crippen LogP contribution >= 0.6 is 0 Å². The molecule has 0 bridgehead atoms. The highest BCUT2D eigenvalue weighted by Gasteiger charge is 2.05. The summed E-state index contributed by atoms with van der Waals surface area (Å²) in [6, 6.07) is 10.1. The Balaban J connectivity index is 2.18. The molecule has 19 heavy (non-hydrogen) atoms. The molecule has 0 aliphatic heterocycles. The van der Waals surface area contributed by atoms with Crippen LogP contribution in [0.3, 0.4) is 0 Å². The van der Waals surface area contributed by atoms with Gasteiger partial charge >= 0.3 is 0 Å². The molecule has 0 atom stereocenters. The minimum absolute atomic E-state index is 0.858. The summed E-state index contributed by atoms with van der Waals surface area (Å²) in [6.07, 6.45) is 5.54. The van der Waals surface area contributed by atoms with E-state index in [1.54, 1.807) is 13.3 Å². The quantitative estimate of drug-likeness (QED) is 0.696. The second-order valence-corrected chi connectivity index (χ2v) is 4.47. The number of fused-ring (bicyclic) bond motifs is 1. The first-order valence-electron chi connectivity index (χ1n) is 6.13. The van der Waals surface area contributed by atoms with Crippen LogP contribution < -0.4 is 4.74 Å². The number of nitrogens with zero attached hydrogens (tertiary/aromatic N) is 2. The van der Waals surface area contributed by atoms with Gasteiger partial charge in [-0.2, -0.15) is 0 Å². The Morgan fingerprint density at radius 3 is 2.68 bits per heavy atom. The average molecular weight is 250 g/mol. The van der Waals surface area contributed by atoms with E-state index in [2.05, 4.69) is 16.0 Å². The lowest BCUT2D eigenvalue weighted by atomic mass is 10.1. The molecule has 0 spiro atoms. The van der Waals surface area contributed by atoms with Gasteiger partial charge in [-0.15, -0.1) is 0 Å². The summed E-state index contributed by atoms with van der Waals surface area (Å²) < 4.78 is 5.26. The molecular formula is C16H14N2O. The van der Waals surface area contributed by atoms with Crippen LogP contribution in [-0.4, -0.2) is 17.1 Å². The molecule has 3 rings (SSSR count). The summed E-state index contributed by atoms with van der Waals surface area (Å²) in [7, 11) is 1.68. The molecule has 2 heterocycles. The second kappa shape index (κ2) is 4.69. The summed E-state index contributed by atoms with van der Waals surface area (Å²) in [5.74, 6) is 0.858. The third-order valence-electron chi connectivity index (χ3n) is 3.23. The van der Waals surface area contributed by atoms with Gasteiger partial charge in [0.05, 0.1) is 12.8 Å². The van der Waals surface area contributed by atoms with Crippen molar-refractivity contribution in [3.63, 3.8) is 0 Å². The lowest BCUT2D eigenvalue weighted by Crippen LogP contribution is -1.89. The molecule has 0 aliphatic carbocycles. The third-order valence-corrected chi connectivity index (χ3v) is 3.23. The fraction of sp³-hybridized carbons (Fsp3) is 0.125. The molecule has 3 nitrogen and oxygen atoms in total. The molecule has 0 radical (unpaired) electrons. The summed E-state index contributed by atoms with van der Waals surface area (Å²) in [4.78, 5) is 8.64. The van der Waals surface area contributed by atoms with Crippen LogP contribution in [0.4, 0.5) is 0 Å². The minimum atomic E-state index is 0.858. The first kappa shape index (κ1) is 11.7. The van der Waals surface area contributed by atoms with Gasteiger partial charge in [0.15, 0.2) is 0 Å². The average Bonchev–Trinajstić information content (AvgIpc) is 2.46. The Bertz CT molecular complexity index is 738. The van der Waals surface area contributed by atoms with E-state index in [1.165, 1.54) is 0 Å². The Morgan fingerprint density at radius 1 is 1.00 bits per heavy atom. The highest BCUT2D eigenvalue weighted by atomic mass is 16.5. The summed E-state index contributed by atoms with van der Waals surface area (Å²) in [6.45, 7) is 2.04. The maximum atomic E-state index is 5.26. The van der Waals surface area contributed by atoms with Crippen LogP contribution in [0.25, 0.3) is 22.0 Å². The number of hydrogen-bond donors (Lipinski definition) is 0. The van der Waals surface area contributed by atoms with Crippen molar-refractivity contribution < 1.29 is 4.74 Å². The number of benzene rings is 1. The molecule has 3 aromatic rings. The van der Waals surface area contributed by atoms with Crippen LogP contribution in [0.15, 0.2) is 48.9 Å². The number of pyridine rings is 2. The Kier molecular flexibility index (Phi) is 2.88. The zero-order chi connectivity index (χ0) is 13.2. The molecule has 0 fully saturated rings. The lowest BCUT2D eigenvalue weighted by molar-refractivity contribution is 0.415. The summed E-state index contributed by atoms with van der Waals surface area (Å²) in [5.41, 5.74) is 3.19. The Morgan fingerprint density at radius 2 is 1.89 bits per heavy atom. The van der Waals surface area contributed by atoms with E-state index in [1.807, 2.05) is 43.6 Å². The first-order chi connectivity index (χ1) is 9.28. The van der Waals surface area contributed by atoms with Crippen LogP contribution in [-0.2, 0) is 0 Å². The van der Waals surface area contributed by atoms with Crippen molar-refractivity contribution in [1.82, 2.24) is 9.97 Å². The maximum absolute atomic E-state index is 5.26. The number of aryl methyl sites for hydroxylation is 1. The van der Waals surface area contributed by atoms with Crippen LogP contribution in [0.5, 0.6) is 5.75 Å². The van der Waals surface area contributed by atoms with Crippen molar-refractivity contribution in [3.8, 4) is 17.0 Å². The van der Waals surface area contributed by atoms with E-state index in [9.17, 15) is 0 Å². The molecule has 0 amide bonds. The molecule has 0 saturated carbocycles. The van der Waals surface area contributed by atoms with Gasteiger partial charge in [-0.05, 0) is 48.2 Å². The van der Waals surface area contributed by atoms with Crippen molar-refractivity contribution in [3.05, 3.63) is 54.5 Å². The van der Waals surface area contributed by atoms with Gasteiger partial charge in [0.25, 0.3) is 0 Å². The fourth-order valence-electron chi connectivity index (χ4n) is 2.15. The molecule has 1 aromatic carbocycles. The van der Waals surface area contributed by atoms with E-state index in [-0.39, 0.29) is 0 Å². The zero-order valence-electron chi connectivity index (χ0n) is 10.9. The number of hydrogen-bond acceptors (Lipinski definition) is 3. The normalized spacial score (nSPS) is 10.6. The highest BCUT2D eigenvalue weighted by Crippen LogP contribution is 2.26. The van der Waals surface area contributed by atoms with Gasteiger partial charge in [-0.3, -0.25) is 9.97 Å². The SMILES string of the molecule is COc1ccc2cnc(-c3ccncc3C)cc2c1. The number of aromatic nitrogens is 2. The lowest BCUT2D eigenvalue weighted by Gasteiger charge is -2.07. The Labute approximate surface area is 111 Å². The van der Waals surface area contributed by atoms with Crippen molar-refractivity contribution in [2.75, 3.05) is 7.11 Å². The zero-order valence-corrected chi connectivity index (χ0v) is 10.9. The van der Waals surface area contributed by atoms with E-state index >= 15 is 0 Å². The minimum Gasteiger partial charge on any atom is -0.497 e. The molecule has 3 heteroatoms. The predicted octanol–water partition coefficient (Wildman–Crippen LogP) is 3.61. The van der Waals surface area contributed by atoms with Crippen molar-refractivity contribution in [2.45, 2.75) is 6.92 Å². The standard InChI is InChI=1S/C16H14N2O/c1-11-9-17-6-5-15(11)16-8-13-7-14(19-2)4-3-12(13)10-18-16/h3-10H,1-2H3. The van der Waals surface area contributed by atoms with Gasteiger partial charge < -0.3 is 4.74 Å². The smallest absolute Gasteiger partial charge is 0.119 e. The maximum Gasteiger partial charge on any atom is 0.119 e. The van der Waals surface area contributed by atoms with Crippen LogP contribution in [0, 0.1) is 6.92 Å². The van der Waals surface area contributed by atoms with E-state index in [4.69, 9.17) is 4.74 Å². The largest absolute Gasteiger partial charge is 0.497 e. The molecule has 94 valence electrons. The molecule has 0 aliphatic rings. The van der Waals surface area contributed by atoms with Gasteiger partial charge in [0.1, 0.15) is 5.75 Å². The van der Waals surface area contributed by atoms with Crippen LogP contribution in [0.1, 0.15) is 5.56 Å². The van der Waals surface area contributed by atoms with Crippen LogP contribution in [0.2, 0.25) is 0 Å². The predicted molar refractivity (Wildman–Crippen MR) is 76.3 cm³/mol. The first-order valence-corrected chi connectivity index (χ1v) is 6.13. The van der Waals surface area contributed by atoms with Crippen molar-refractivity contribution in [1.29, 1.82) is 0 Å². The number of ether oxygens (including phenoxy) is 1. The number of methoxy groups -OCH3 is 1. The molecule has 0 unspecified atom stereocenters. The second-order valence-electron chi connectivity index (χ2n) is 4.47. The van der Waals surface area contributed by atoms with E-state index in [0.29, 0.717) is 0 Å². The molecule has 2 aromatic heterocycles. The third kappa shape index (κ3) is 2.15. The monoisotopic (exact) mass is 250 g/mol. The van der Waals surface area contributed by atoms with Crippen molar-refractivity contribution in [2.24, 2.45) is 0 Å². The Hall–Kier alpha value is -2.42. The molecule has 0 saturated heterocycles. The summed E-state index contributed by atoms with van der Waals surface area (Å²) >= 11 is 0. The topological polar surface area (TPSA) is 35.0 Å².